The number of aryl methyl sites for hydroxylation is 2. The first kappa shape index (κ1) is 20.4. The second kappa shape index (κ2) is 7.97. The van der Waals surface area contributed by atoms with Crippen molar-refractivity contribution >= 4 is 44.8 Å². The van der Waals surface area contributed by atoms with E-state index in [4.69, 9.17) is 0 Å². The summed E-state index contributed by atoms with van der Waals surface area (Å²) in [6.45, 7) is 5.55. The van der Waals surface area contributed by atoms with Crippen LogP contribution in [0.3, 0.4) is 0 Å². The molecule has 0 bridgehead atoms. The van der Waals surface area contributed by atoms with Gasteiger partial charge in [-0.1, -0.05) is 18.2 Å². The molecule has 28 heavy (non-hydrogen) atoms. The van der Waals surface area contributed by atoms with Gasteiger partial charge in [0.25, 0.3) is 0 Å². The third-order valence-corrected chi connectivity index (χ3v) is 7.46. The van der Waals surface area contributed by atoms with Gasteiger partial charge in [0.2, 0.25) is 11.8 Å². The van der Waals surface area contributed by atoms with E-state index in [0.29, 0.717) is 10.6 Å². The van der Waals surface area contributed by atoms with Crippen LogP contribution in [0.25, 0.3) is 0 Å². The Morgan fingerprint density at radius 1 is 1.18 bits per heavy atom. The van der Waals surface area contributed by atoms with Crippen molar-refractivity contribution in [2.24, 2.45) is 0 Å². The maximum Gasteiger partial charge on any atom is 0.237 e. The Bertz CT molecular complexity index is 1030. The number of hydrogen-bond donors (Lipinski definition) is 2. The monoisotopic (exact) mass is 418 g/mol. The minimum atomic E-state index is -3.62. The molecule has 1 unspecified atom stereocenters. The van der Waals surface area contributed by atoms with Crippen molar-refractivity contribution in [3.63, 3.8) is 0 Å². The molecule has 2 aromatic rings. The molecule has 0 aromatic heterocycles. The SMILES string of the molecule is Cc1cccc(C)c1NC(=O)CCS(=O)(=O)c1ccc2c(c1)SC(C)C(=O)N2. The number of amides is 2. The molecule has 1 aliphatic heterocycles. The van der Waals surface area contributed by atoms with Crippen LogP contribution >= 0.6 is 11.8 Å². The lowest BCUT2D eigenvalue weighted by molar-refractivity contribution is -0.116. The molecule has 8 heteroatoms. The number of rotatable bonds is 5. The van der Waals surface area contributed by atoms with Crippen molar-refractivity contribution in [2.45, 2.75) is 42.2 Å². The van der Waals surface area contributed by atoms with Gasteiger partial charge in [0.1, 0.15) is 0 Å². The lowest BCUT2D eigenvalue weighted by Crippen LogP contribution is -2.26. The minimum absolute atomic E-state index is 0.101. The molecule has 2 amide bonds. The average molecular weight is 419 g/mol. The zero-order chi connectivity index (χ0) is 20.5. The molecule has 3 rings (SSSR count). The largest absolute Gasteiger partial charge is 0.326 e. The summed E-state index contributed by atoms with van der Waals surface area (Å²) >= 11 is 1.32. The van der Waals surface area contributed by atoms with Crippen molar-refractivity contribution in [1.29, 1.82) is 0 Å². The van der Waals surface area contributed by atoms with Gasteiger partial charge in [-0.3, -0.25) is 9.59 Å². The summed E-state index contributed by atoms with van der Waals surface area (Å²) in [5.74, 6) is -0.722. The summed E-state index contributed by atoms with van der Waals surface area (Å²) in [6, 6.07) is 10.3. The second-order valence-electron chi connectivity index (χ2n) is 6.79. The molecular weight excluding hydrogens is 396 g/mol. The fourth-order valence-corrected chi connectivity index (χ4v) is 5.26. The first-order valence-electron chi connectivity index (χ1n) is 8.88. The first-order chi connectivity index (χ1) is 13.2. The number of benzene rings is 2. The van der Waals surface area contributed by atoms with E-state index in [-0.39, 0.29) is 34.1 Å². The third kappa shape index (κ3) is 4.39. The molecule has 148 valence electrons. The van der Waals surface area contributed by atoms with Gasteiger partial charge in [0.15, 0.2) is 9.84 Å². The summed E-state index contributed by atoms with van der Waals surface area (Å²) in [7, 11) is -3.62. The van der Waals surface area contributed by atoms with E-state index in [1.807, 2.05) is 32.0 Å². The molecule has 1 atom stereocenters. The van der Waals surface area contributed by atoms with E-state index >= 15 is 0 Å². The molecule has 0 saturated carbocycles. The number of sulfone groups is 1. The number of para-hydroxylation sites is 1. The Balaban J connectivity index is 1.70. The van der Waals surface area contributed by atoms with Gasteiger partial charge in [-0.15, -0.1) is 11.8 Å². The van der Waals surface area contributed by atoms with E-state index in [9.17, 15) is 18.0 Å². The lowest BCUT2D eigenvalue weighted by Gasteiger charge is -2.21. The highest BCUT2D eigenvalue weighted by Crippen LogP contribution is 2.37. The Hall–Kier alpha value is -2.32. The van der Waals surface area contributed by atoms with Crippen LogP contribution in [0.4, 0.5) is 11.4 Å². The summed E-state index contributed by atoms with van der Waals surface area (Å²) in [5, 5.41) is 5.28. The molecule has 0 fully saturated rings. The van der Waals surface area contributed by atoms with Gasteiger partial charge < -0.3 is 10.6 Å². The highest BCUT2D eigenvalue weighted by molar-refractivity contribution is 8.01. The van der Waals surface area contributed by atoms with Crippen LogP contribution in [0, 0.1) is 13.8 Å². The average Bonchev–Trinajstić information content (AvgIpc) is 2.64. The fraction of sp³-hybridized carbons (Fsp3) is 0.300. The van der Waals surface area contributed by atoms with Crippen molar-refractivity contribution in [3.05, 3.63) is 47.5 Å². The van der Waals surface area contributed by atoms with Gasteiger partial charge in [-0.2, -0.15) is 0 Å². The smallest absolute Gasteiger partial charge is 0.237 e. The van der Waals surface area contributed by atoms with Gasteiger partial charge in [-0.05, 0) is 50.1 Å². The van der Waals surface area contributed by atoms with Crippen molar-refractivity contribution in [2.75, 3.05) is 16.4 Å². The highest BCUT2D eigenvalue weighted by Gasteiger charge is 2.25. The molecule has 0 aliphatic carbocycles. The van der Waals surface area contributed by atoms with E-state index < -0.39 is 9.84 Å². The molecule has 2 aromatic carbocycles. The Labute approximate surface area is 169 Å². The Morgan fingerprint density at radius 2 is 1.86 bits per heavy atom. The Morgan fingerprint density at radius 3 is 2.54 bits per heavy atom. The van der Waals surface area contributed by atoms with Crippen LogP contribution in [0.2, 0.25) is 0 Å². The van der Waals surface area contributed by atoms with Crippen LogP contribution in [0.15, 0.2) is 46.2 Å². The summed E-state index contributed by atoms with van der Waals surface area (Å²) in [4.78, 5) is 24.9. The van der Waals surface area contributed by atoms with E-state index in [1.165, 1.54) is 17.8 Å². The maximum atomic E-state index is 12.7. The molecule has 2 N–H and O–H groups in total. The zero-order valence-corrected chi connectivity index (χ0v) is 17.5. The van der Waals surface area contributed by atoms with E-state index in [0.717, 1.165) is 16.8 Å². The van der Waals surface area contributed by atoms with Crippen LogP contribution in [0.5, 0.6) is 0 Å². The number of hydrogen-bond acceptors (Lipinski definition) is 5. The topological polar surface area (TPSA) is 92.3 Å². The number of carbonyl (C=O) groups is 2. The second-order valence-corrected chi connectivity index (χ2v) is 10.3. The number of anilines is 2. The lowest BCUT2D eigenvalue weighted by atomic mass is 10.1. The predicted octanol–water partition coefficient (Wildman–Crippen LogP) is 3.54. The molecule has 0 saturated heterocycles. The molecule has 0 radical (unpaired) electrons. The molecule has 6 nitrogen and oxygen atoms in total. The number of carbonyl (C=O) groups excluding carboxylic acids is 2. The summed E-state index contributed by atoms with van der Waals surface area (Å²) < 4.78 is 25.4. The van der Waals surface area contributed by atoms with Crippen molar-refractivity contribution in [1.82, 2.24) is 0 Å². The molecule has 1 heterocycles. The third-order valence-electron chi connectivity index (χ3n) is 4.59. The molecule has 0 spiro atoms. The summed E-state index contributed by atoms with van der Waals surface area (Å²) in [6.07, 6.45) is -0.131. The minimum Gasteiger partial charge on any atom is -0.326 e. The number of thioether (sulfide) groups is 1. The maximum absolute atomic E-state index is 12.7. The number of nitrogens with one attached hydrogen (secondary N) is 2. The van der Waals surface area contributed by atoms with E-state index in [2.05, 4.69) is 10.6 Å². The normalized spacial score (nSPS) is 16.2. The van der Waals surface area contributed by atoms with Crippen molar-refractivity contribution < 1.29 is 18.0 Å². The quantitative estimate of drug-likeness (QED) is 0.775. The van der Waals surface area contributed by atoms with Crippen LogP contribution in [-0.2, 0) is 19.4 Å². The van der Waals surface area contributed by atoms with E-state index in [1.54, 1.807) is 19.1 Å². The van der Waals surface area contributed by atoms with Crippen molar-refractivity contribution in [3.8, 4) is 0 Å². The fourth-order valence-electron chi connectivity index (χ4n) is 2.93. The van der Waals surface area contributed by atoms with Gasteiger partial charge in [0.05, 0.1) is 21.6 Å². The summed E-state index contributed by atoms with van der Waals surface area (Å²) in [5.41, 5.74) is 3.19. The molecular formula is C20H22N2O4S2. The molecule has 1 aliphatic rings. The van der Waals surface area contributed by atoms with Crippen LogP contribution in [-0.4, -0.2) is 31.2 Å². The van der Waals surface area contributed by atoms with Gasteiger partial charge in [-0.25, -0.2) is 8.42 Å². The van der Waals surface area contributed by atoms with Crippen LogP contribution < -0.4 is 10.6 Å². The number of fused-ring (bicyclic) bond motifs is 1. The first-order valence-corrected chi connectivity index (χ1v) is 11.4. The van der Waals surface area contributed by atoms with Crippen LogP contribution in [0.1, 0.15) is 24.5 Å². The predicted molar refractivity (Wildman–Crippen MR) is 112 cm³/mol. The van der Waals surface area contributed by atoms with Gasteiger partial charge in [0, 0.05) is 17.0 Å². The Kier molecular flexibility index (Phi) is 5.81. The zero-order valence-electron chi connectivity index (χ0n) is 15.9. The van der Waals surface area contributed by atoms with Gasteiger partial charge >= 0.3 is 0 Å². The standard InChI is InChI=1S/C20H22N2O4S2/c1-12-5-4-6-13(2)19(12)22-18(23)9-10-28(25,26)15-7-8-16-17(11-15)27-14(3)20(24)21-16/h4-8,11,14H,9-10H2,1-3H3,(H,21,24)(H,22,23). The highest BCUT2D eigenvalue weighted by atomic mass is 32.2.